The molecule has 13 heteroatoms. The molecule has 1 saturated heterocycles. The molecule has 0 spiro atoms. The Hall–Kier alpha value is -4.92. The van der Waals surface area contributed by atoms with Crippen molar-refractivity contribution in [2.75, 3.05) is 26.2 Å². The van der Waals surface area contributed by atoms with Crippen molar-refractivity contribution in [1.29, 1.82) is 0 Å². The van der Waals surface area contributed by atoms with Crippen LogP contribution < -0.4 is 10.9 Å². The standard InChI is InChI=1S/C43H44N6O5S2/c50-35-13-11-27(32-12-14-39(51)45-40(32)35)15-18-44-26-29-24-34-41(33-8-3-7-31(29)33)49(47-46-34)20-5-19-48-21-16-30(17-22-48)54-42(52)43(53,37-10-4-23-55-37)38-25-28-6-1-2-9-36(28)56-38/h1-2,4,6,9-14,23-25,30,44,50,53H,3,5,7-8,15-22,26H2,(H,45,51)/t43-/m0/s1. The molecule has 0 bridgehead atoms. The molecule has 0 unspecified atom stereocenters. The fourth-order valence-electron chi connectivity index (χ4n) is 8.52. The number of phenolic OH excluding ortho intramolecular Hbond substituents is 1. The second kappa shape index (κ2) is 15.5. The van der Waals surface area contributed by atoms with Gasteiger partial charge in [0, 0.05) is 42.3 Å². The lowest BCUT2D eigenvalue weighted by Gasteiger charge is -2.33. The first-order valence-electron chi connectivity index (χ1n) is 19.5. The van der Waals surface area contributed by atoms with Crippen molar-refractivity contribution in [1.82, 2.24) is 30.2 Å². The van der Waals surface area contributed by atoms with Gasteiger partial charge in [0.15, 0.2) is 0 Å². The third-order valence-electron chi connectivity index (χ3n) is 11.4. The Morgan fingerprint density at radius 1 is 0.982 bits per heavy atom. The lowest BCUT2D eigenvalue weighted by molar-refractivity contribution is -0.169. The largest absolute Gasteiger partial charge is 0.506 e. The molecular weight excluding hydrogens is 745 g/mol. The van der Waals surface area contributed by atoms with Crippen LogP contribution in [0.15, 0.2) is 83.0 Å². The van der Waals surface area contributed by atoms with Crippen LogP contribution in [0.3, 0.4) is 0 Å². The van der Waals surface area contributed by atoms with Gasteiger partial charge in [0.2, 0.25) is 11.2 Å². The predicted octanol–water partition coefficient (Wildman–Crippen LogP) is 6.41. The number of phenols is 1. The highest BCUT2D eigenvalue weighted by Crippen LogP contribution is 2.41. The molecule has 0 radical (unpaired) electrons. The van der Waals surface area contributed by atoms with E-state index in [9.17, 15) is 19.8 Å². The van der Waals surface area contributed by atoms with Gasteiger partial charge in [-0.05, 0) is 127 Å². The molecule has 4 aromatic heterocycles. The van der Waals surface area contributed by atoms with Gasteiger partial charge in [-0.2, -0.15) is 0 Å². The van der Waals surface area contributed by atoms with Crippen molar-refractivity contribution < 1.29 is 19.7 Å². The van der Waals surface area contributed by atoms with Crippen molar-refractivity contribution in [2.24, 2.45) is 0 Å². The summed E-state index contributed by atoms with van der Waals surface area (Å²) in [5.41, 5.74) is 5.65. The van der Waals surface area contributed by atoms with E-state index in [4.69, 9.17) is 4.74 Å². The van der Waals surface area contributed by atoms with Gasteiger partial charge in [-0.3, -0.25) is 4.79 Å². The molecule has 288 valence electrons. The number of rotatable bonds is 13. The maximum Gasteiger partial charge on any atom is 0.349 e. The molecule has 11 nitrogen and oxygen atoms in total. The van der Waals surface area contributed by atoms with E-state index in [0.717, 1.165) is 116 Å². The normalized spacial score (nSPS) is 16.2. The van der Waals surface area contributed by atoms with Crippen LogP contribution >= 0.6 is 22.7 Å². The van der Waals surface area contributed by atoms with Crippen LogP contribution in [0.2, 0.25) is 0 Å². The Balaban J connectivity index is 0.787. The summed E-state index contributed by atoms with van der Waals surface area (Å²) in [4.78, 5) is 31.9. The van der Waals surface area contributed by atoms with Crippen molar-refractivity contribution >= 4 is 60.7 Å². The number of H-pyrrole nitrogens is 1. The van der Waals surface area contributed by atoms with Crippen LogP contribution in [0.1, 0.15) is 57.7 Å². The second-order valence-corrected chi connectivity index (χ2v) is 17.0. The third kappa shape index (κ3) is 7.03. The van der Waals surface area contributed by atoms with Gasteiger partial charge >= 0.3 is 5.97 Å². The summed E-state index contributed by atoms with van der Waals surface area (Å²) in [5, 5.41) is 38.8. The average Bonchev–Trinajstić information content (AvgIpc) is 4.05. The number of nitrogens with one attached hydrogen (secondary N) is 2. The average molecular weight is 789 g/mol. The number of pyridine rings is 1. The number of nitrogens with zero attached hydrogens (tertiary/aromatic N) is 4. The van der Waals surface area contributed by atoms with Gasteiger partial charge in [-0.25, -0.2) is 9.48 Å². The molecule has 0 amide bonds. The number of fused-ring (bicyclic) bond motifs is 5. The Morgan fingerprint density at radius 2 is 1.84 bits per heavy atom. The number of likely N-dealkylation sites (tertiary alicyclic amines) is 1. The van der Waals surface area contributed by atoms with Gasteiger partial charge in [0.25, 0.3) is 0 Å². The first kappa shape index (κ1) is 36.7. The summed E-state index contributed by atoms with van der Waals surface area (Å²) in [5.74, 6) is -0.521. The molecule has 7 aromatic rings. The fourth-order valence-corrected chi connectivity index (χ4v) is 10.6. The molecule has 2 aliphatic rings. The topological polar surface area (TPSA) is 146 Å². The van der Waals surface area contributed by atoms with Crippen LogP contribution in [-0.2, 0) is 47.5 Å². The minimum Gasteiger partial charge on any atom is -0.506 e. The molecule has 1 aliphatic carbocycles. The summed E-state index contributed by atoms with van der Waals surface area (Å²) < 4.78 is 9.18. The lowest BCUT2D eigenvalue weighted by atomic mass is 9.98. The van der Waals surface area contributed by atoms with E-state index >= 15 is 0 Å². The summed E-state index contributed by atoms with van der Waals surface area (Å²) in [6.45, 7) is 4.84. The number of aryl methyl sites for hydroxylation is 2. The van der Waals surface area contributed by atoms with E-state index in [0.29, 0.717) is 15.3 Å². The zero-order valence-corrected chi connectivity index (χ0v) is 32.6. The smallest absolute Gasteiger partial charge is 0.349 e. The molecule has 4 N–H and O–H groups in total. The maximum atomic E-state index is 13.8. The highest BCUT2D eigenvalue weighted by Gasteiger charge is 2.45. The van der Waals surface area contributed by atoms with E-state index < -0.39 is 11.6 Å². The molecule has 1 fully saturated rings. The van der Waals surface area contributed by atoms with Crippen LogP contribution in [0.4, 0.5) is 0 Å². The van der Waals surface area contributed by atoms with Crippen molar-refractivity contribution in [3.63, 3.8) is 0 Å². The van der Waals surface area contributed by atoms with Crippen molar-refractivity contribution in [3.8, 4) is 5.75 Å². The third-order valence-corrected chi connectivity index (χ3v) is 13.6. The number of aliphatic hydroxyl groups is 1. The number of ether oxygens (including phenoxy) is 1. The summed E-state index contributed by atoms with van der Waals surface area (Å²) >= 11 is 2.80. The Bertz CT molecular complexity index is 2560. The summed E-state index contributed by atoms with van der Waals surface area (Å²) in [6.07, 6.45) is 6.11. The maximum absolute atomic E-state index is 13.8. The monoisotopic (exact) mass is 788 g/mol. The first-order valence-corrected chi connectivity index (χ1v) is 21.1. The van der Waals surface area contributed by atoms with Crippen LogP contribution in [0.25, 0.3) is 32.0 Å². The molecule has 5 heterocycles. The van der Waals surface area contributed by atoms with E-state index in [-0.39, 0.29) is 17.4 Å². The van der Waals surface area contributed by atoms with Crippen LogP contribution in [-0.4, -0.2) is 73.3 Å². The van der Waals surface area contributed by atoms with Gasteiger partial charge in [0.1, 0.15) is 17.4 Å². The molecule has 0 saturated carbocycles. The van der Waals surface area contributed by atoms with E-state index in [2.05, 4.69) is 36.3 Å². The summed E-state index contributed by atoms with van der Waals surface area (Å²) in [6, 6.07) is 22.5. The highest BCUT2D eigenvalue weighted by molar-refractivity contribution is 7.19. The predicted molar refractivity (Wildman–Crippen MR) is 221 cm³/mol. The number of aromatic hydroxyl groups is 1. The Kier molecular flexibility index (Phi) is 10.2. The molecule has 9 rings (SSSR count). The quantitative estimate of drug-likeness (QED) is 0.0770. The summed E-state index contributed by atoms with van der Waals surface area (Å²) in [7, 11) is 0. The van der Waals surface area contributed by atoms with Gasteiger partial charge in [-0.15, -0.1) is 27.8 Å². The van der Waals surface area contributed by atoms with Gasteiger partial charge < -0.3 is 30.2 Å². The number of esters is 1. The van der Waals surface area contributed by atoms with E-state index in [1.807, 2.05) is 47.8 Å². The van der Waals surface area contributed by atoms with Crippen molar-refractivity contribution in [2.45, 2.75) is 69.7 Å². The number of piperidine rings is 1. The molecular formula is C43H44N6O5S2. The van der Waals surface area contributed by atoms with Gasteiger partial charge in [0.05, 0.1) is 20.8 Å². The SMILES string of the molecule is O=C(OC1CCN(CCCn2nnc3cc(CNCCc4ccc(O)c5[nH]c(=O)ccc45)c4c(c32)CCC4)CC1)[C@](O)(c1cccs1)c1cc2ccccc2s1. The number of hydrogen-bond acceptors (Lipinski definition) is 11. The van der Waals surface area contributed by atoms with Crippen LogP contribution in [0, 0.1) is 0 Å². The molecule has 1 atom stereocenters. The first-order chi connectivity index (χ1) is 27.3. The number of hydrogen-bond donors (Lipinski definition) is 4. The minimum atomic E-state index is -1.83. The van der Waals surface area contributed by atoms with E-state index in [1.165, 1.54) is 45.4 Å². The van der Waals surface area contributed by atoms with Gasteiger partial charge in [-0.1, -0.05) is 35.5 Å². The number of carbonyl (C=O) groups excluding carboxylic acids is 1. The zero-order valence-electron chi connectivity index (χ0n) is 31.0. The number of aromatic nitrogens is 4. The Morgan fingerprint density at radius 3 is 2.68 bits per heavy atom. The number of thiophene rings is 2. The second-order valence-electron chi connectivity index (χ2n) is 14.9. The molecule has 3 aromatic carbocycles. The van der Waals surface area contributed by atoms with Crippen LogP contribution in [0.5, 0.6) is 5.75 Å². The van der Waals surface area contributed by atoms with E-state index in [1.54, 1.807) is 18.2 Å². The minimum absolute atomic E-state index is 0.0796. The highest BCUT2D eigenvalue weighted by atomic mass is 32.1. The molecule has 1 aliphatic heterocycles. The molecule has 56 heavy (non-hydrogen) atoms. The number of carbonyl (C=O) groups is 1. The lowest BCUT2D eigenvalue weighted by Crippen LogP contribution is -2.43. The van der Waals surface area contributed by atoms with Crippen molar-refractivity contribution in [3.05, 3.63) is 121 Å². The number of aromatic amines is 1. The number of benzene rings is 3. The zero-order chi connectivity index (χ0) is 38.2. The Labute approximate surface area is 331 Å². The fraction of sp³-hybridized carbons (Fsp3) is 0.349.